The minimum Gasteiger partial charge on any atom is -0.493 e. The van der Waals surface area contributed by atoms with E-state index in [2.05, 4.69) is 15.3 Å². The first-order valence-corrected chi connectivity index (χ1v) is 6.80. The molecule has 1 saturated carbocycles. The van der Waals surface area contributed by atoms with Gasteiger partial charge < -0.3 is 19.8 Å². The first kappa shape index (κ1) is 13.0. The Kier molecular flexibility index (Phi) is 3.60. The zero-order valence-electron chi connectivity index (χ0n) is 11.8. The third-order valence-electron chi connectivity index (χ3n) is 3.46. The zero-order valence-corrected chi connectivity index (χ0v) is 11.8. The van der Waals surface area contributed by atoms with E-state index in [9.17, 15) is 0 Å². The highest BCUT2D eigenvalue weighted by atomic mass is 16.5. The molecule has 0 amide bonds. The van der Waals surface area contributed by atoms with Crippen molar-refractivity contribution in [3.63, 3.8) is 0 Å². The van der Waals surface area contributed by atoms with Gasteiger partial charge in [-0.3, -0.25) is 0 Å². The van der Waals surface area contributed by atoms with Gasteiger partial charge in [0.25, 0.3) is 0 Å². The van der Waals surface area contributed by atoms with Crippen LogP contribution in [0, 0.1) is 0 Å². The van der Waals surface area contributed by atoms with Crippen molar-refractivity contribution in [2.24, 2.45) is 0 Å². The number of hydrogen-bond acceptors (Lipinski definition) is 4. The summed E-state index contributed by atoms with van der Waals surface area (Å²) in [6, 6.07) is 6.53. The van der Waals surface area contributed by atoms with Crippen LogP contribution in [0.1, 0.15) is 18.7 Å². The van der Waals surface area contributed by atoms with Gasteiger partial charge in [0.2, 0.25) is 0 Å². The van der Waals surface area contributed by atoms with E-state index in [-0.39, 0.29) is 0 Å². The predicted molar refractivity (Wildman–Crippen MR) is 77.0 cm³/mol. The van der Waals surface area contributed by atoms with Crippen molar-refractivity contribution >= 4 is 0 Å². The quantitative estimate of drug-likeness (QED) is 0.848. The summed E-state index contributed by atoms with van der Waals surface area (Å²) in [4.78, 5) is 7.73. The van der Waals surface area contributed by atoms with Crippen molar-refractivity contribution in [1.29, 1.82) is 0 Å². The molecule has 5 heteroatoms. The SMILES string of the molecule is COc1ccc(-c2cnc(CNC3CC3)[nH]2)cc1OC. The van der Waals surface area contributed by atoms with E-state index in [1.807, 2.05) is 24.4 Å². The molecule has 0 spiro atoms. The number of nitrogens with zero attached hydrogens (tertiary/aromatic N) is 1. The number of rotatable bonds is 6. The van der Waals surface area contributed by atoms with E-state index >= 15 is 0 Å². The lowest BCUT2D eigenvalue weighted by Crippen LogP contribution is -2.16. The lowest BCUT2D eigenvalue weighted by atomic mass is 10.1. The Morgan fingerprint density at radius 3 is 2.75 bits per heavy atom. The highest BCUT2D eigenvalue weighted by molar-refractivity contribution is 5.63. The summed E-state index contributed by atoms with van der Waals surface area (Å²) in [6.07, 6.45) is 4.41. The molecule has 0 saturated heterocycles. The maximum atomic E-state index is 5.32. The van der Waals surface area contributed by atoms with Crippen LogP contribution in [0.25, 0.3) is 11.3 Å². The Balaban J connectivity index is 1.77. The van der Waals surface area contributed by atoms with Crippen LogP contribution in [0.15, 0.2) is 24.4 Å². The molecule has 2 aromatic rings. The van der Waals surface area contributed by atoms with Gasteiger partial charge in [0.05, 0.1) is 32.7 Å². The molecule has 106 valence electrons. The number of nitrogens with one attached hydrogen (secondary N) is 2. The monoisotopic (exact) mass is 273 g/mol. The summed E-state index contributed by atoms with van der Waals surface area (Å²) in [6.45, 7) is 0.790. The molecule has 0 atom stereocenters. The van der Waals surface area contributed by atoms with E-state index in [4.69, 9.17) is 9.47 Å². The van der Waals surface area contributed by atoms with Gasteiger partial charge in [-0.05, 0) is 31.0 Å². The summed E-state index contributed by atoms with van der Waals surface area (Å²) in [7, 11) is 3.27. The van der Waals surface area contributed by atoms with Gasteiger partial charge in [0.1, 0.15) is 5.82 Å². The third kappa shape index (κ3) is 2.77. The molecule has 3 rings (SSSR count). The molecule has 1 fully saturated rings. The molecule has 2 N–H and O–H groups in total. The van der Waals surface area contributed by atoms with Crippen LogP contribution in [0.4, 0.5) is 0 Å². The van der Waals surface area contributed by atoms with Gasteiger partial charge in [-0.25, -0.2) is 4.98 Å². The van der Waals surface area contributed by atoms with Gasteiger partial charge in [-0.15, -0.1) is 0 Å². The van der Waals surface area contributed by atoms with E-state index < -0.39 is 0 Å². The molecule has 0 bridgehead atoms. The predicted octanol–water partition coefficient (Wildman–Crippen LogP) is 2.35. The number of ether oxygens (including phenoxy) is 2. The first-order valence-electron chi connectivity index (χ1n) is 6.80. The van der Waals surface area contributed by atoms with Gasteiger partial charge in [0.15, 0.2) is 11.5 Å². The van der Waals surface area contributed by atoms with E-state index in [0.717, 1.165) is 35.1 Å². The molecular weight excluding hydrogens is 254 g/mol. The molecule has 0 aliphatic heterocycles. The molecule has 20 heavy (non-hydrogen) atoms. The summed E-state index contributed by atoms with van der Waals surface area (Å²) < 4.78 is 10.6. The number of H-pyrrole nitrogens is 1. The van der Waals surface area contributed by atoms with Crippen molar-refractivity contribution in [2.75, 3.05) is 14.2 Å². The van der Waals surface area contributed by atoms with Crippen LogP contribution < -0.4 is 14.8 Å². The summed E-state index contributed by atoms with van der Waals surface area (Å²) in [5.74, 6) is 2.41. The fourth-order valence-electron chi connectivity index (χ4n) is 2.13. The summed E-state index contributed by atoms with van der Waals surface area (Å²) in [5.41, 5.74) is 2.02. The molecule has 0 radical (unpaired) electrons. The molecule has 5 nitrogen and oxygen atoms in total. The maximum absolute atomic E-state index is 5.32. The van der Waals surface area contributed by atoms with Crippen molar-refractivity contribution < 1.29 is 9.47 Å². The van der Waals surface area contributed by atoms with Gasteiger partial charge in [0, 0.05) is 11.6 Å². The second-order valence-corrected chi connectivity index (χ2v) is 4.97. The number of aromatic amines is 1. The highest BCUT2D eigenvalue weighted by Crippen LogP contribution is 2.31. The lowest BCUT2D eigenvalue weighted by Gasteiger charge is -2.08. The molecule has 1 aliphatic rings. The molecule has 1 aliphatic carbocycles. The number of benzene rings is 1. The minimum atomic E-state index is 0.685. The molecule has 1 aromatic heterocycles. The lowest BCUT2D eigenvalue weighted by molar-refractivity contribution is 0.355. The summed E-state index contributed by atoms with van der Waals surface area (Å²) >= 11 is 0. The number of imidazole rings is 1. The van der Waals surface area contributed by atoms with Crippen molar-refractivity contribution in [2.45, 2.75) is 25.4 Å². The molecular formula is C15H19N3O2. The Labute approximate surface area is 118 Å². The van der Waals surface area contributed by atoms with Crippen LogP contribution in [0.2, 0.25) is 0 Å². The molecule has 1 heterocycles. The number of aromatic nitrogens is 2. The fourth-order valence-corrected chi connectivity index (χ4v) is 2.13. The number of hydrogen-bond donors (Lipinski definition) is 2. The Morgan fingerprint density at radius 1 is 1.25 bits per heavy atom. The normalized spacial score (nSPS) is 14.3. The molecule has 0 unspecified atom stereocenters. The van der Waals surface area contributed by atoms with E-state index in [0.29, 0.717) is 6.04 Å². The van der Waals surface area contributed by atoms with Gasteiger partial charge in [-0.1, -0.05) is 0 Å². The minimum absolute atomic E-state index is 0.685. The van der Waals surface area contributed by atoms with Crippen LogP contribution in [-0.2, 0) is 6.54 Å². The largest absolute Gasteiger partial charge is 0.493 e. The smallest absolute Gasteiger partial charge is 0.161 e. The third-order valence-corrected chi connectivity index (χ3v) is 3.46. The highest BCUT2D eigenvalue weighted by Gasteiger charge is 2.20. The second kappa shape index (κ2) is 5.54. The molecule has 1 aromatic carbocycles. The summed E-state index contributed by atoms with van der Waals surface area (Å²) in [5, 5.41) is 3.44. The van der Waals surface area contributed by atoms with E-state index in [1.165, 1.54) is 12.8 Å². The van der Waals surface area contributed by atoms with Crippen LogP contribution in [0.5, 0.6) is 11.5 Å². The average Bonchev–Trinajstić information content (AvgIpc) is 3.21. The topological polar surface area (TPSA) is 59.2 Å². The van der Waals surface area contributed by atoms with E-state index in [1.54, 1.807) is 14.2 Å². The zero-order chi connectivity index (χ0) is 13.9. The average molecular weight is 273 g/mol. The van der Waals surface area contributed by atoms with Crippen molar-refractivity contribution in [3.8, 4) is 22.8 Å². The Hall–Kier alpha value is -2.01. The van der Waals surface area contributed by atoms with Gasteiger partial charge >= 0.3 is 0 Å². The van der Waals surface area contributed by atoms with Gasteiger partial charge in [-0.2, -0.15) is 0 Å². The van der Waals surface area contributed by atoms with Crippen molar-refractivity contribution in [3.05, 3.63) is 30.2 Å². The van der Waals surface area contributed by atoms with Crippen LogP contribution in [0.3, 0.4) is 0 Å². The van der Waals surface area contributed by atoms with Crippen molar-refractivity contribution in [1.82, 2.24) is 15.3 Å². The van der Waals surface area contributed by atoms with Crippen LogP contribution >= 0.6 is 0 Å². The standard InChI is InChI=1S/C15H19N3O2/c1-19-13-6-3-10(7-14(13)20-2)12-8-17-15(18-12)9-16-11-4-5-11/h3,6-8,11,16H,4-5,9H2,1-2H3,(H,17,18). The Morgan fingerprint density at radius 2 is 2.05 bits per heavy atom. The Bertz CT molecular complexity index is 591. The number of methoxy groups -OCH3 is 2. The fraction of sp³-hybridized carbons (Fsp3) is 0.400. The first-order chi connectivity index (χ1) is 9.80. The second-order valence-electron chi connectivity index (χ2n) is 4.97. The van der Waals surface area contributed by atoms with Crippen LogP contribution in [-0.4, -0.2) is 30.2 Å². The maximum Gasteiger partial charge on any atom is 0.161 e.